The Morgan fingerprint density at radius 3 is 2.71 bits per heavy atom. The molecule has 0 aliphatic rings. The van der Waals surface area contributed by atoms with Gasteiger partial charge in [0.1, 0.15) is 17.1 Å². The number of aromatic nitrogens is 3. The van der Waals surface area contributed by atoms with Crippen molar-refractivity contribution in [1.29, 1.82) is 0 Å². The molecule has 3 rings (SSSR count). The summed E-state index contributed by atoms with van der Waals surface area (Å²) in [5.74, 6) is 1.39. The molecule has 1 aromatic carbocycles. The normalized spacial score (nSPS) is 11.2. The van der Waals surface area contributed by atoms with Crippen molar-refractivity contribution in [3.63, 3.8) is 0 Å². The number of imidazole rings is 1. The zero-order valence-electron chi connectivity index (χ0n) is 14.5. The van der Waals surface area contributed by atoms with E-state index in [9.17, 15) is 4.79 Å². The van der Waals surface area contributed by atoms with E-state index in [0.717, 1.165) is 35.5 Å². The molecule has 6 heteroatoms. The lowest BCUT2D eigenvalue weighted by Crippen LogP contribution is -2.14. The molecule has 0 bridgehead atoms. The van der Waals surface area contributed by atoms with Crippen LogP contribution in [-0.4, -0.2) is 20.6 Å². The first-order chi connectivity index (χ1) is 11.6. The van der Waals surface area contributed by atoms with E-state index in [0.29, 0.717) is 23.4 Å². The number of hydrogen-bond acceptors (Lipinski definition) is 4. The molecule has 3 aromatic rings. The summed E-state index contributed by atoms with van der Waals surface area (Å²) in [5, 5.41) is 6.86. The molecule has 0 aliphatic heterocycles. The third-order valence-corrected chi connectivity index (χ3v) is 4.21. The quantitative estimate of drug-likeness (QED) is 0.775. The number of nitrogens with zero attached hydrogens (tertiary/aromatic N) is 3. The van der Waals surface area contributed by atoms with E-state index in [1.54, 1.807) is 6.92 Å². The minimum Gasteiger partial charge on any atom is -0.361 e. The number of fused-ring (bicyclic) bond motifs is 1. The van der Waals surface area contributed by atoms with Crippen LogP contribution in [0.5, 0.6) is 0 Å². The number of aryl methyl sites for hydroxylation is 4. The first kappa shape index (κ1) is 16.2. The van der Waals surface area contributed by atoms with Crippen LogP contribution >= 0.6 is 0 Å². The average molecular weight is 326 g/mol. The molecule has 0 unspecified atom stereocenters. The van der Waals surface area contributed by atoms with E-state index in [2.05, 4.69) is 33.9 Å². The number of carbonyl (C=O) groups excluding carboxylic acids is 1. The Morgan fingerprint density at radius 2 is 2.04 bits per heavy atom. The monoisotopic (exact) mass is 326 g/mol. The molecule has 0 saturated heterocycles. The number of nitrogens with one attached hydrogen (secondary N) is 1. The summed E-state index contributed by atoms with van der Waals surface area (Å²) < 4.78 is 7.33. The molecule has 1 N–H and O–H groups in total. The van der Waals surface area contributed by atoms with Gasteiger partial charge in [-0.05, 0) is 38.5 Å². The van der Waals surface area contributed by atoms with Crippen molar-refractivity contribution in [1.82, 2.24) is 14.7 Å². The van der Waals surface area contributed by atoms with Crippen LogP contribution in [0.2, 0.25) is 0 Å². The Hall–Kier alpha value is -2.63. The van der Waals surface area contributed by atoms with Crippen LogP contribution in [0.15, 0.2) is 22.7 Å². The molecule has 0 saturated carbocycles. The third-order valence-electron chi connectivity index (χ3n) is 4.21. The van der Waals surface area contributed by atoms with Gasteiger partial charge in [0.25, 0.3) is 5.91 Å². The molecule has 0 atom stereocenters. The van der Waals surface area contributed by atoms with Gasteiger partial charge in [-0.3, -0.25) is 4.79 Å². The molecule has 2 aromatic heterocycles. The zero-order chi connectivity index (χ0) is 17.3. The fourth-order valence-corrected chi connectivity index (χ4v) is 3.02. The molecular weight excluding hydrogens is 304 g/mol. The fraction of sp³-hybridized carbons (Fsp3) is 0.389. The largest absolute Gasteiger partial charge is 0.361 e. The van der Waals surface area contributed by atoms with Gasteiger partial charge in [0.15, 0.2) is 0 Å². The molecular formula is C18H22N4O2. The lowest BCUT2D eigenvalue weighted by atomic mass is 10.1. The lowest BCUT2D eigenvalue weighted by molar-refractivity contribution is 0.102. The van der Waals surface area contributed by atoms with E-state index in [1.165, 1.54) is 0 Å². The average Bonchev–Trinajstić information content (AvgIpc) is 3.13. The van der Waals surface area contributed by atoms with Crippen molar-refractivity contribution in [3.05, 3.63) is 41.0 Å². The van der Waals surface area contributed by atoms with Gasteiger partial charge in [-0.2, -0.15) is 0 Å². The van der Waals surface area contributed by atoms with Gasteiger partial charge < -0.3 is 14.4 Å². The molecule has 0 spiro atoms. The number of rotatable bonds is 5. The van der Waals surface area contributed by atoms with Gasteiger partial charge in [0.05, 0.1) is 16.7 Å². The van der Waals surface area contributed by atoms with E-state index in [-0.39, 0.29) is 5.91 Å². The SMILES string of the molecule is CCc1noc(C)c1C(=O)Nc1ccc2c(c1)nc(CC)n2CC. The maximum Gasteiger partial charge on any atom is 0.261 e. The number of benzene rings is 1. The van der Waals surface area contributed by atoms with Gasteiger partial charge in [-0.1, -0.05) is 19.0 Å². The highest BCUT2D eigenvalue weighted by molar-refractivity contribution is 6.06. The van der Waals surface area contributed by atoms with E-state index < -0.39 is 0 Å². The molecule has 126 valence electrons. The first-order valence-electron chi connectivity index (χ1n) is 8.34. The molecule has 1 amide bonds. The van der Waals surface area contributed by atoms with Gasteiger partial charge in [0.2, 0.25) is 0 Å². The van der Waals surface area contributed by atoms with Gasteiger partial charge in [-0.25, -0.2) is 4.98 Å². The predicted octanol–water partition coefficient (Wildman–Crippen LogP) is 3.73. The highest BCUT2D eigenvalue weighted by atomic mass is 16.5. The van der Waals surface area contributed by atoms with Crippen LogP contribution in [0.25, 0.3) is 11.0 Å². The van der Waals surface area contributed by atoms with Gasteiger partial charge >= 0.3 is 0 Å². The van der Waals surface area contributed by atoms with Crippen LogP contribution in [0.3, 0.4) is 0 Å². The van der Waals surface area contributed by atoms with Crippen molar-refractivity contribution in [3.8, 4) is 0 Å². The highest BCUT2D eigenvalue weighted by Gasteiger charge is 2.19. The van der Waals surface area contributed by atoms with Crippen LogP contribution in [0, 0.1) is 6.92 Å². The summed E-state index contributed by atoms with van der Waals surface area (Å²) in [4.78, 5) is 17.2. The molecule has 0 radical (unpaired) electrons. The molecule has 0 fully saturated rings. The molecule has 24 heavy (non-hydrogen) atoms. The van der Waals surface area contributed by atoms with Crippen molar-refractivity contribution in [2.45, 2.75) is 47.1 Å². The number of anilines is 1. The van der Waals surface area contributed by atoms with Crippen LogP contribution in [0.1, 0.15) is 48.4 Å². The predicted molar refractivity (Wildman–Crippen MR) is 93.4 cm³/mol. The highest BCUT2D eigenvalue weighted by Crippen LogP contribution is 2.22. The summed E-state index contributed by atoms with van der Waals surface area (Å²) in [6, 6.07) is 5.82. The smallest absolute Gasteiger partial charge is 0.261 e. The second-order valence-corrected chi connectivity index (χ2v) is 5.70. The standard InChI is InChI=1S/C18H22N4O2/c1-5-13-17(11(4)24-21-13)18(23)19-12-8-9-15-14(10-12)20-16(6-2)22(15)7-3/h8-10H,5-7H2,1-4H3,(H,19,23). The van der Waals surface area contributed by atoms with Crippen LogP contribution in [-0.2, 0) is 19.4 Å². The number of amides is 1. The summed E-state index contributed by atoms with van der Waals surface area (Å²) in [6.45, 7) is 8.78. The number of carbonyl (C=O) groups is 1. The Morgan fingerprint density at radius 1 is 1.25 bits per heavy atom. The first-order valence-corrected chi connectivity index (χ1v) is 8.34. The van der Waals surface area contributed by atoms with E-state index in [1.807, 2.05) is 25.1 Å². The number of hydrogen-bond donors (Lipinski definition) is 1. The fourth-order valence-electron chi connectivity index (χ4n) is 3.02. The maximum atomic E-state index is 12.6. The van der Waals surface area contributed by atoms with Crippen molar-refractivity contribution >= 4 is 22.6 Å². The van der Waals surface area contributed by atoms with E-state index in [4.69, 9.17) is 4.52 Å². The second kappa shape index (κ2) is 6.47. The van der Waals surface area contributed by atoms with Crippen LogP contribution in [0.4, 0.5) is 5.69 Å². The summed E-state index contributed by atoms with van der Waals surface area (Å²) >= 11 is 0. The minimum atomic E-state index is -0.199. The van der Waals surface area contributed by atoms with Gasteiger partial charge in [0, 0.05) is 18.7 Å². The van der Waals surface area contributed by atoms with E-state index >= 15 is 0 Å². The van der Waals surface area contributed by atoms with Crippen molar-refractivity contribution < 1.29 is 9.32 Å². The molecule has 6 nitrogen and oxygen atoms in total. The lowest BCUT2D eigenvalue weighted by Gasteiger charge is -2.06. The zero-order valence-corrected chi connectivity index (χ0v) is 14.5. The second-order valence-electron chi connectivity index (χ2n) is 5.70. The summed E-state index contributed by atoms with van der Waals surface area (Å²) in [7, 11) is 0. The Bertz CT molecular complexity index is 892. The van der Waals surface area contributed by atoms with Crippen molar-refractivity contribution in [2.24, 2.45) is 0 Å². The summed E-state index contributed by atoms with van der Waals surface area (Å²) in [6.07, 6.45) is 1.53. The summed E-state index contributed by atoms with van der Waals surface area (Å²) in [5.41, 5.74) is 3.89. The molecule has 2 heterocycles. The van der Waals surface area contributed by atoms with Crippen molar-refractivity contribution in [2.75, 3.05) is 5.32 Å². The molecule has 0 aliphatic carbocycles. The Kier molecular flexibility index (Phi) is 4.38. The minimum absolute atomic E-state index is 0.199. The topological polar surface area (TPSA) is 73.0 Å². The van der Waals surface area contributed by atoms with Crippen LogP contribution < -0.4 is 5.32 Å². The Labute approximate surface area is 140 Å². The maximum absolute atomic E-state index is 12.6. The van der Waals surface area contributed by atoms with Gasteiger partial charge in [-0.15, -0.1) is 0 Å². The third kappa shape index (κ3) is 2.68. The Balaban J connectivity index is 1.93.